The van der Waals surface area contributed by atoms with Crippen LogP contribution in [-0.4, -0.2) is 65.3 Å². The first-order chi connectivity index (χ1) is 15.5. The van der Waals surface area contributed by atoms with E-state index in [2.05, 4.69) is 25.1 Å². The monoisotopic (exact) mass is 453 g/mol. The van der Waals surface area contributed by atoms with Gasteiger partial charge >= 0.3 is 6.09 Å². The van der Waals surface area contributed by atoms with E-state index in [1.165, 1.54) is 18.9 Å². The Hall–Kier alpha value is -3.60. The fraction of sp³-hybridized carbons (Fsp3) is 0.286. The predicted octanol–water partition coefficient (Wildman–Crippen LogP) is 2.34. The lowest BCUT2D eigenvalue weighted by molar-refractivity contribution is 0.0989. The second kappa shape index (κ2) is 9.27. The van der Waals surface area contributed by atoms with Crippen LogP contribution in [0.3, 0.4) is 0 Å². The molecule has 0 radical (unpaired) electrons. The number of hydrogen-bond donors (Lipinski definition) is 1. The van der Waals surface area contributed by atoms with Crippen molar-refractivity contribution in [2.45, 2.75) is 11.7 Å². The molecule has 3 aromatic rings. The summed E-state index contributed by atoms with van der Waals surface area (Å²) in [6, 6.07) is 7.59. The maximum absolute atomic E-state index is 13.3. The van der Waals surface area contributed by atoms with Gasteiger partial charge in [-0.1, -0.05) is 17.8 Å². The highest BCUT2D eigenvalue weighted by Gasteiger charge is 2.28. The minimum atomic E-state index is -0.502. The molecular formula is C21H23N7O3S. The molecule has 2 amide bonds. The summed E-state index contributed by atoms with van der Waals surface area (Å²) in [5.41, 5.74) is 2.85. The summed E-state index contributed by atoms with van der Waals surface area (Å²) in [7, 11) is 3.25. The molecule has 0 saturated heterocycles. The summed E-state index contributed by atoms with van der Waals surface area (Å²) in [5, 5.41) is 7.63. The normalized spacial score (nSPS) is 13.5. The van der Waals surface area contributed by atoms with Crippen molar-refractivity contribution in [3.05, 3.63) is 54.0 Å². The van der Waals surface area contributed by atoms with Crippen molar-refractivity contribution in [1.82, 2.24) is 25.1 Å². The largest absolute Gasteiger partial charge is 0.453 e. The number of thioether (sulfide) groups is 1. The Morgan fingerprint density at radius 1 is 1.25 bits per heavy atom. The number of methoxy groups -OCH3 is 1. The Morgan fingerprint density at radius 2 is 2.06 bits per heavy atom. The maximum Gasteiger partial charge on any atom is 0.407 e. The number of rotatable bonds is 5. The zero-order valence-corrected chi connectivity index (χ0v) is 18.8. The Morgan fingerprint density at radius 3 is 2.84 bits per heavy atom. The molecular weight excluding hydrogens is 430 g/mol. The zero-order chi connectivity index (χ0) is 22.7. The average Bonchev–Trinajstić information content (AvgIpc) is 3.26. The number of likely N-dealkylation sites (N-methyl/N-ethyl adjacent to an activating group) is 1. The van der Waals surface area contributed by atoms with E-state index in [4.69, 9.17) is 0 Å². The minimum absolute atomic E-state index is 0.141. The number of anilines is 2. The molecule has 1 aliphatic rings. The number of amides is 2. The molecule has 1 aromatic carbocycles. The predicted molar refractivity (Wildman–Crippen MR) is 122 cm³/mol. The first kappa shape index (κ1) is 21.6. The van der Waals surface area contributed by atoms with Crippen LogP contribution in [0.2, 0.25) is 0 Å². The highest BCUT2D eigenvalue weighted by Crippen LogP contribution is 2.28. The molecule has 10 nitrogen and oxygen atoms in total. The van der Waals surface area contributed by atoms with Gasteiger partial charge in [-0.3, -0.25) is 4.79 Å². The molecule has 11 heteroatoms. The molecule has 0 aliphatic carbocycles. The lowest BCUT2D eigenvalue weighted by atomic mass is 10.2. The quantitative estimate of drug-likeness (QED) is 0.464. The van der Waals surface area contributed by atoms with Gasteiger partial charge in [0.05, 0.1) is 19.0 Å². The van der Waals surface area contributed by atoms with Gasteiger partial charge in [0.2, 0.25) is 0 Å². The van der Waals surface area contributed by atoms with E-state index < -0.39 is 6.09 Å². The fourth-order valence-electron chi connectivity index (χ4n) is 3.39. The van der Waals surface area contributed by atoms with Gasteiger partial charge in [-0.05, 0) is 24.5 Å². The lowest BCUT2D eigenvalue weighted by Crippen LogP contribution is -2.33. The van der Waals surface area contributed by atoms with Crippen molar-refractivity contribution in [3.63, 3.8) is 0 Å². The van der Waals surface area contributed by atoms with Crippen LogP contribution < -0.4 is 15.1 Å². The summed E-state index contributed by atoms with van der Waals surface area (Å²) in [5.74, 6) is 0.500. The topological polar surface area (TPSA) is 105 Å². The molecule has 3 heterocycles. The second-order valence-corrected chi connectivity index (χ2v) is 7.90. The highest BCUT2D eigenvalue weighted by atomic mass is 32.2. The number of hydrogen-bond acceptors (Lipinski definition) is 8. The standard InChI is InChI=1S/C21H23N7O3S/c1-26-7-8-27(19(29)17-12-22-20(32-3)25-18(17)26)15-5-4-6-16(9-15)28-13-14(11-24-28)10-23-21(30)31-2/h4-6,9,11-13H,7-8,10H2,1-3H3,(H,23,30). The Labute approximate surface area is 189 Å². The van der Waals surface area contributed by atoms with E-state index in [0.717, 1.165) is 16.9 Å². The first-order valence-corrected chi connectivity index (χ1v) is 11.1. The van der Waals surface area contributed by atoms with Crippen LogP contribution in [0.4, 0.5) is 16.3 Å². The molecule has 166 valence electrons. The summed E-state index contributed by atoms with van der Waals surface area (Å²) in [6.07, 6.45) is 6.50. The van der Waals surface area contributed by atoms with Crippen LogP contribution in [0.15, 0.2) is 48.0 Å². The van der Waals surface area contributed by atoms with Gasteiger partial charge in [-0.25, -0.2) is 19.4 Å². The Bertz CT molecular complexity index is 1150. The first-order valence-electron chi connectivity index (χ1n) is 9.90. The zero-order valence-electron chi connectivity index (χ0n) is 18.0. The van der Waals surface area contributed by atoms with E-state index in [1.807, 2.05) is 48.7 Å². The summed E-state index contributed by atoms with van der Waals surface area (Å²) in [4.78, 5) is 37.2. The van der Waals surface area contributed by atoms with Crippen LogP contribution in [-0.2, 0) is 11.3 Å². The number of nitrogens with one attached hydrogen (secondary N) is 1. The van der Waals surface area contributed by atoms with Crippen LogP contribution in [0.1, 0.15) is 15.9 Å². The molecule has 0 saturated carbocycles. The van der Waals surface area contributed by atoms with Crippen molar-refractivity contribution in [3.8, 4) is 5.69 Å². The molecule has 0 spiro atoms. The van der Waals surface area contributed by atoms with Crippen molar-refractivity contribution in [2.75, 3.05) is 43.3 Å². The molecule has 0 bridgehead atoms. The molecule has 2 aromatic heterocycles. The van der Waals surface area contributed by atoms with E-state index in [9.17, 15) is 9.59 Å². The number of aromatic nitrogens is 4. The summed E-state index contributed by atoms with van der Waals surface area (Å²) >= 11 is 1.44. The molecule has 32 heavy (non-hydrogen) atoms. The second-order valence-electron chi connectivity index (χ2n) is 7.13. The molecule has 0 atom stereocenters. The fourth-order valence-corrected chi connectivity index (χ4v) is 3.72. The average molecular weight is 454 g/mol. The number of carbonyl (C=O) groups excluding carboxylic acids is 2. The van der Waals surface area contributed by atoms with E-state index in [-0.39, 0.29) is 5.91 Å². The summed E-state index contributed by atoms with van der Waals surface area (Å²) in [6.45, 7) is 1.45. The third-order valence-corrected chi connectivity index (χ3v) is 5.65. The van der Waals surface area contributed by atoms with Crippen molar-refractivity contribution >= 4 is 35.3 Å². The van der Waals surface area contributed by atoms with Crippen LogP contribution in [0.25, 0.3) is 5.69 Å². The van der Waals surface area contributed by atoms with Crippen LogP contribution in [0.5, 0.6) is 0 Å². The Balaban J connectivity index is 1.60. The van der Waals surface area contributed by atoms with Gasteiger partial charge in [-0.15, -0.1) is 0 Å². The van der Waals surface area contributed by atoms with E-state index in [0.29, 0.717) is 36.2 Å². The Kier molecular flexibility index (Phi) is 6.26. The lowest BCUT2D eigenvalue weighted by Gasteiger charge is -2.21. The van der Waals surface area contributed by atoms with Crippen molar-refractivity contribution in [2.24, 2.45) is 0 Å². The minimum Gasteiger partial charge on any atom is -0.453 e. The molecule has 0 fully saturated rings. The third-order valence-electron chi connectivity index (χ3n) is 5.09. The molecule has 1 N–H and O–H groups in total. The van der Waals surface area contributed by atoms with Crippen LogP contribution in [0, 0.1) is 0 Å². The smallest absolute Gasteiger partial charge is 0.407 e. The van der Waals surface area contributed by atoms with Gasteiger partial charge < -0.3 is 19.9 Å². The van der Waals surface area contributed by atoms with Gasteiger partial charge in [0.15, 0.2) is 5.16 Å². The SMILES string of the molecule is COC(=O)NCc1cnn(-c2cccc(N3CCN(C)c4nc(SC)ncc4C3=O)c2)c1. The number of benzene rings is 1. The van der Waals surface area contributed by atoms with Crippen molar-refractivity contribution in [1.29, 1.82) is 0 Å². The highest BCUT2D eigenvalue weighted by molar-refractivity contribution is 7.98. The maximum atomic E-state index is 13.3. The van der Waals surface area contributed by atoms with Gasteiger partial charge in [0, 0.05) is 50.3 Å². The number of fused-ring (bicyclic) bond motifs is 1. The van der Waals surface area contributed by atoms with Crippen molar-refractivity contribution < 1.29 is 14.3 Å². The van der Waals surface area contributed by atoms with Crippen LogP contribution >= 0.6 is 11.8 Å². The molecule has 4 rings (SSSR count). The molecule has 0 unspecified atom stereocenters. The van der Waals surface area contributed by atoms with E-state index >= 15 is 0 Å². The number of alkyl carbamates (subject to hydrolysis) is 1. The third kappa shape index (κ3) is 4.37. The van der Waals surface area contributed by atoms with Gasteiger partial charge in [0.1, 0.15) is 11.4 Å². The summed E-state index contributed by atoms with van der Waals surface area (Å²) < 4.78 is 6.29. The van der Waals surface area contributed by atoms with Gasteiger partial charge in [-0.2, -0.15) is 5.10 Å². The number of ether oxygens (including phenoxy) is 1. The molecule has 1 aliphatic heterocycles. The van der Waals surface area contributed by atoms with E-state index in [1.54, 1.807) is 22.0 Å². The number of carbonyl (C=O) groups is 2. The van der Waals surface area contributed by atoms with Gasteiger partial charge in [0.25, 0.3) is 5.91 Å². The number of nitrogens with zero attached hydrogens (tertiary/aromatic N) is 6.